The third-order valence-electron chi connectivity index (χ3n) is 4.55. The van der Waals surface area contributed by atoms with Gasteiger partial charge in [0.15, 0.2) is 23.0 Å². The molecule has 0 atom stereocenters. The quantitative estimate of drug-likeness (QED) is 0.731. The van der Waals surface area contributed by atoms with Crippen LogP contribution in [0.1, 0.15) is 11.3 Å². The van der Waals surface area contributed by atoms with E-state index in [1.165, 1.54) is 7.11 Å². The molecule has 1 N–H and O–H groups in total. The molecule has 0 aliphatic rings. The summed E-state index contributed by atoms with van der Waals surface area (Å²) in [7, 11) is 8.33. The minimum Gasteiger partial charge on any atom is -0.504 e. The molecular weight excluding hydrogens is 334 g/mol. The minimum absolute atomic E-state index is 0.129. The summed E-state index contributed by atoms with van der Waals surface area (Å²) in [6.45, 7) is 0. The van der Waals surface area contributed by atoms with E-state index in [0.29, 0.717) is 29.4 Å². The Labute approximate surface area is 152 Å². The van der Waals surface area contributed by atoms with Crippen LogP contribution in [0.2, 0.25) is 0 Å². The van der Waals surface area contributed by atoms with Crippen molar-refractivity contribution in [3.05, 3.63) is 41.6 Å². The van der Waals surface area contributed by atoms with E-state index in [1.54, 1.807) is 33.5 Å². The number of hydrogen-bond donors (Lipinski definition) is 1. The maximum absolute atomic E-state index is 10.0. The highest BCUT2D eigenvalue weighted by Gasteiger charge is 2.20. The van der Waals surface area contributed by atoms with Gasteiger partial charge in [-0.2, -0.15) is 0 Å². The molecular formula is C20H23NO5. The summed E-state index contributed by atoms with van der Waals surface area (Å²) >= 11 is 0. The third-order valence-corrected chi connectivity index (χ3v) is 4.55. The molecule has 6 heteroatoms. The molecule has 0 aliphatic heterocycles. The smallest absolute Gasteiger partial charge is 0.205 e. The van der Waals surface area contributed by atoms with Gasteiger partial charge >= 0.3 is 0 Å². The monoisotopic (exact) mass is 357 g/mol. The van der Waals surface area contributed by atoms with Crippen LogP contribution in [0, 0.1) is 0 Å². The van der Waals surface area contributed by atoms with E-state index in [2.05, 4.69) is 10.6 Å². The van der Waals surface area contributed by atoms with Crippen molar-refractivity contribution in [2.75, 3.05) is 28.4 Å². The van der Waals surface area contributed by atoms with Gasteiger partial charge < -0.3 is 28.6 Å². The second-order valence-electron chi connectivity index (χ2n) is 5.96. The van der Waals surface area contributed by atoms with E-state index in [-0.39, 0.29) is 5.75 Å². The van der Waals surface area contributed by atoms with Crippen LogP contribution < -0.4 is 18.9 Å². The Hall–Kier alpha value is -3.02. The van der Waals surface area contributed by atoms with Gasteiger partial charge in [0.25, 0.3) is 0 Å². The van der Waals surface area contributed by atoms with Crippen LogP contribution in [0.5, 0.6) is 28.7 Å². The molecule has 0 saturated heterocycles. The van der Waals surface area contributed by atoms with Gasteiger partial charge in [-0.3, -0.25) is 0 Å². The molecule has 3 aromatic rings. The number of nitrogens with zero attached hydrogens (tertiary/aromatic N) is 1. The van der Waals surface area contributed by atoms with Gasteiger partial charge in [0, 0.05) is 24.5 Å². The number of rotatable bonds is 6. The molecule has 0 unspecified atom stereocenters. The molecule has 0 radical (unpaired) electrons. The maximum atomic E-state index is 10.0. The largest absolute Gasteiger partial charge is 0.504 e. The number of ether oxygens (including phenoxy) is 4. The Morgan fingerprint density at radius 1 is 0.846 bits per heavy atom. The van der Waals surface area contributed by atoms with Gasteiger partial charge in [-0.25, -0.2) is 0 Å². The van der Waals surface area contributed by atoms with Gasteiger partial charge in [0.2, 0.25) is 5.75 Å². The first kappa shape index (κ1) is 17.8. The lowest BCUT2D eigenvalue weighted by Crippen LogP contribution is -2.00. The first-order valence-corrected chi connectivity index (χ1v) is 8.17. The summed E-state index contributed by atoms with van der Waals surface area (Å²) in [6.07, 6.45) is 0.649. The fourth-order valence-corrected chi connectivity index (χ4v) is 3.26. The van der Waals surface area contributed by atoms with E-state index in [9.17, 15) is 5.11 Å². The van der Waals surface area contributed by atoms with Crippen molar-refractivity contribution in [1.82, 2.24) is 4.57 Å². The van der Waals surface area contributed by atoms with Crippen molar-refractivity contribution in [2.24, 2.45) is 7.05 Å². The zero-order valence-electron chi connectivity index (χ0n) is 15.6. The van der Waals surface area contributed by atoms with Crippen LogP contribution in [-0.2, 0) is 13.5 Å². The molecule has 0 aliphatic carbocycles. The highest BCUT2D eigenvalue weighted by atomic mass is 16.5. The van der Waals surface area contributed by atoms with E-state index >= 15 is 0 Å². The third kappa shape index (κ3) is 2.87. The normalized spacial score (nSPS) is 10.8. The van der Waals surface area contributed by atoms with Crippen LogP contribution in [0.15, 0.2) is 30.3 Å². The molecule has 138 valence electrons. The molecule has 6 nitrogen and oxygen atoms in total. The lowest BCUT2D eigenvalue weighted by Gasteiger charge is -2.14. The zero-order valence-corrected chi connectivity index (χ0v) is 15.6. The van der Waals surface area contributed by atoms with Gasteiger partial charge in [0.05, 0.1) is 34.0 Å². The van der Waals surface area contributed by atoms with E-state index in [1.807, 2.05) is 19.2 Å². The van der Waals surface area contributed by atoms with Crippen molar-refractivity contribution < 1.29 is 24.1 Å². The van der Waals surface area contributed by atoms with Crippen LogP contribution in [0.4, 0.5) is 0 Å². The van der Waals surface area contributed by atoms with Crippen molar-refractivity contribution in [3.63, 3.8) is 0 Å². The Morgan fingerprint density at radius 2 is 1.54 bits per heavy atom. The van der Waals surface area contributed by atoms with Crippen LogP contribution in [0.3, 0.4) is 0 Å². The Kier molecular flexibility index (Phi) is 4.84. The topological polar surface area (TPSA) is 62.1 Å². The number of phenols is 1. The lowest BCUT2D eigenvalue weighted by molar-refractivity contribution is 0.326. The summed E-state index contributed by atoms with van der Waals surface area (Å²) < 4.78 is 23.7. The van der Waals surface area contributed by atoms with Crippen molar-refractivity contribution in [2.45, 2.75) is 6.42 Å². The van der Waals surface area contributed by atoms with Crippen LogP contribution in [0.25, 0.3) is 10.9 Å². The molecule has 2 aromatic carbocycles. The molecule has 26 heavy (non-hydrogen) atoms. The molecule has 1 heterocycles. The SMILES string of the molecule is COc1ccc(Cc2cc3cc(OC)c(OC)c(OC)c3n2C)cc1O. The first-order chi connectivity index (χ1) is 12.5. The summed E-state index contributed by atoms with van der Waals surface area (Å²) in [6, 6.07) is 9.44. The highest BCUT2D eigenvalue weighted by molar-refractivity contribution is 5.92. The van der Waals surface area contributed by atoms with Gasteiger partial charge in [-0.15, -0.1) is 0 Å². The number of fused-ring (bicyclic) bond motifs is 1. The first-order valence-electron chi connectivity index (χ1n) is 8.17. The van der Waals surface area contributed by atoms with E-state index < -0.39 is 0 Å². The predicted molar refractivity (Wildman–Crippen MR) is 100 cm³/mol. The lowest BCUT2D eigenvalue weighted by atomic mass is 10.1. The number of aryl methyl sites for hydroxylation is 1. The minimum atomic E-state index is 0.129. The van der Waals surface area contributed by atoms with Crippen molar-refractivity contribution in [3.8, 4) is 28.7 Å². The molecule has 3 rings (SSSR count). The average molecular weight is 357 g/mol. The highest BCUT2D eigenvalue weighted by Crippen LogP contribution is 2.44. The average Bonchev–Trinajstić information content (AvgIpc) is 2.95. The molecule has 0 saturated carbocycles. The van der Waals surface area contributed by atoms with Gasteiger partial charge in [-0.05, 0) is 29.8 Å². The zero-order chi connectivity index (χ0) is 18.8. The summed E-state index contributed by atoms with van der Waals surface area (Å²) in [5.74, 6) is 2.41. The summed E-state index contributed by atoms with van der Waals surface area (Å²) in [4.78, 5) is 0. The molecule has 1 aromatic heterocycles. The number of methoxy groups -OCH3 is 4. The standard InChI is InChI=1S/C20H23NO5/c1-21-14(8-12-6-7-16(23-2)15(22)9-12)10-13-11-17(24-3)19(25-4)20(26-5)18(13)21/h6-7,9-11,22H,8H2,1-5H3. The van der Waals surface area contributed by atoms with E-state index in [4.69, 9.17) is 18.9 Å². The molecule has 0 fully saturated rings. The van der Waals surface area contributed by atoms with Crippen LogP contribution >= 0.6 is 0 Å². The molecule has 0 spiro atoms. The Balaban J connectivity index is 2.10. The van der Waals surface area contributed by atoms with Gasteiger partial charge in [-0.1, -0.05) is 6.07 Å². The number of benzene rings is 2. The summed E-state index contributed by atoms with van der Waals surface area (Å²) in [5, 5.41) is 11.0. The van der Waals surface area contributed by atoms with E-state index in [0.717, 1.165) is 22.2 Å². The second-order valence-corrected chi connectivity index (χ2v) is 5.96. The molecule has 0 bridgehead atoms. The fourth-order valence-electron chi connectivity index (χ4n) is 3.26. The second kappa shape index (κ2) is 7.07. The molecule has 0 amide bonds. The number of aromatic nitrogens is 1. The summed E-state index contributed by atoms with van der Waals surface area (Å²) in [5.41, 5.74) is 2.98. The predicted octanol–water partition coefficient (Wildman–Crippen LogP) is 3.51. The Bertz CT molecular complexity index is 945. The number of hydrogen-bond acceptors (Lipinski definition) is 5. The van der Waals surface area contributed by atoms with Crippen LogP contribution in [-0.4, -0.2) is 38.1 Å². The maximum Gasteiger partial charge on any atom is 0.205 e. The number of phenolic OH excluding ortho intramolecular Hbond substituents is 1. The Morgan fingerprint density at radius 3 is 2.12 bits per heavy atom. The van der Waals surface area contributed by atoms with Crippen molar-refractivity contribution >= 4 is 10.9 Å². The van der Waals surface area contributed by atoms with Gasteiger partial charge in [0.1, 0.15) is 0 Å². The fraction of sp³-hybridized carbons (Fsp3) is 0.300. The number of aromatic hydroxyl groups is 1. The van der Waals surface area contributed by atoms with Crippen molar-refractivity contribution in [1.29, 1.82) is 0 Å².